The number of rotatable bonds is 4. The zero-order valence-corrected chi connectivity index (χ0v) is 16.0. The molecule has 32 heavy (non-hydrogen) atoms. The van der Waals surface area contributed by atoms with E-state index in [2.05, 4.69) is 21.9 Å². The Hall–Kier alpha value is -4.07. The fourth-order valence-electron chi connectivity index (χ4n) is 3.47. The molecular weight excluding hydrogens is 434 g/mol. The summed E-state index contributed by atoms with van der Waals surface area (Å²) in [6, 6.07) is 5.56. The fraction of sp³-hybridized carbons (Fsp3) is 0.190. The van der Waals surface area contributed by atoms with Crippen LogP contribution in [0.4, 0.5) is 22.4 Å². The molecule has 0 aromatic heterocycles. The molecule has 1 fully saturated rings. The minimum absolute atomic E-state index is 0.0182. The van der Waals surface area contributed by atoms with Crippen molar-refractivity contribution in [2.24, 2.45) is 0 Å². The Morgan fingerprint density at radius 1 is 1.09 bits per heavy atom. The summed E-state index contributed by atoms with van der Waals surface area (Å²) < 4.78 is 56.1. The number of hydrogen-bond acceptors (Lipinski definition) is 4. The van der Waals surface area contributed by atoms with Crippen molar-refractivity contribution in [3.63, 3.8) is 0 Å². The molecule has 4 amide bonds. The average molecular weight is 447 g/mol. The summed E-state index contributed by atoms with van der Waals surface area (Å²) in [6.45, 7) is -3.44. The third kappa shape index (κ3) is 4.07. The van der Waals surface area contributed by atoms with Gasteiger partial charge in [-0.3, -0.25) is 14.9 Å². The van der Waals surface area contributed by atoms with Crippen LogP contribution in [0.25, 0.3) is 0 Å². The van der Waals surface area contributed by atoms with Crippen molar-refractivity contribution in [1.29, 1.82) is 0 Å². The van der Waals surface area contributed by atoms with Crippen molar-refractivity contribution in [3.8, 4) is 17.6 Å². The number of carbonyl (C=O) groups excluding carboxylic acids is 3. The molecule has 2 aromatic rings. The third-order valence-electron chi connectivity index (χ3n) is 4.84. The molecule has 2 aromatic carbocycles. The smallest absolute Gasteiger partial charge is 0.387 e. The highest BCUT2D eigenvalue weighted by Gasteiger charge is 2.48. The second-order valence-corrected chi connectivity index (χ2v) is 7.08. The molecule has 0 unspecified atom stereocenters. The van der Waals surface area contributed by atoms with Gasteiger partial charge in [-0.2, -0.15) is 8.78 Å². The Morgan fingerprint density at radius 2 is 1.81 bits per heavy atom. The highest BCUT2D eigenvalue weighted by atomic mass is 19.3. The summed E-state index contributed by atoms with van der Waals surface area (Å²) in [5.74, 6) is 1.56. The lowest BCUT2D eigenvalue weighted by Crippen LogP contribution is -2.54. The number of amides is 4. The molecule has 1 saturated heterocycles. The number of imide groups is 1. The van der Waals surface area contributed by atoms with Crippen molar-refractivity contribution in [3.05, 3.63) is 64.7 Å². The molecule has 2 heterocycles. The second kappa shape index (κ2) is 7.88. The first-order valence-corrected chi connectivity index (χ1v) is 9.15. The van der Waals surface area contributed by atoms with Crippen molar-refractivity contribution in [2.75, 3.05) is 6.54 Å². The molecule has 164 valence electrons. The number of nitrogens with zero attached hydrogens (tertiary/aromatic N) is 1. The van der Waals surface area contributed by atoms with Gasteiger partial charge < -0.3 is 15.0 Å². The fourth-order valence-corrected chi connectivity index (χ4v) is 3.47. The van der Waals surface area contributed by atoms with Crippen LogP contribution in [0.1, 0.15) is 21.5 Å². The largest absolute Gasteiger partial charge is 0.435 e. The van der Waals surface area contributed by atoms with Crippen LogP contribution in [0, 0.1) is 23.5 Å². The standard InChI is InChI=1S/C21H13F4N3O4/c22-13-5-11(6-14(23)7-13)3-4-21(18(30)26-20(31)27-21)10-28-9-12-1-2-15(32-19(24)25)8-16(12)17(28)29/h1-2,5-8,19H,9-10H2,(H2,26,27,30,31)/t21-/m1/s1. The van der Waals surface area contributed by atoms with Crippen LogP contribution in [-0.2, 0) is 11.3 Å². The number of nitrogens with one attached hydrogen (secondary N) is 2. The molecule has 0 saturated carbocycles. The first-order chi connectivity index (χ1) is 15.1. The molecule has 0 aliphatic carbocycles. The molecule has 2 aliphatic heterocycles. The van der Waals surface area contributed by atoms with Crippen LogP contribution in [0.3, 0.4) is 0 Å². The summed E-state index contributed by atoms with van der Waals surface area (Å²) >= 11 is 0. The van der Waals surface area contributed by atoms with Crippen molar-refractivity contribution >= 4 is 17.8 Å². The number of urea groups is 1. The number of ether oxygens (including phenoxy) is 1. The summed E-state index contributed by atoms with van der Waals surface area (Å²) in [5.41, 5.74) is -1.37. The van der Waals surface area contributed by atoms with Crippen LogP contribution in [-0.4, -0.2) is 41.4 Å². The Bertz CT molecular complexity index is 1190. The molecule has 1 atom stereocenters. The van der Waals surface area contributed by atoms with E-state index in [0.29, 0.717) is 11.6 Å². The lowest BCUT2D eigenvalue weighted by Gasteiger charge is -2.26. The first kappa shape index (κ1) is 21.2. The van der Waals surface area contributed by atoms with Crippen molar-refractivity contribution in [1.82, 2.24) is 15.5 Å². The maximum Gasteiger partial charge on any atom is 0.387 e. The highest BCUT2D eigenvalue weighted by Crippen LogP contribution is 2.29. The second-order valence-electron chi connectivity index (χ2n) is 7.08. The zero-order valence-electron chi connectivity index (χ0n) is 16.0. The maximum atomic E-state index is 13.4. The Balaban J connectivity index is 1.63. The van der Waals surface area contributed by atoms with E-state index in [4.69, 9.17) is 0 Å². The van der Waals surface area contributed by atoms with Crippen LogP contribution < -0.4 is 15.4 Å². The van der Waals surface area contributed by atoms with Crippen LogP contribution in [0.2, 0.25) is 0 Å². The topological polar surface area (TPSA) is 87.7 Å². The van der Waals surface area contributed by atoms with Gasteiger partial charge in [0.15, 0.2) is 0 Å². The van der Waals surface area contributed by atoms with Crippen molar-refractivity contribution < 1.29 is 36.7 Å². The van der Waals surface area contributed by atoms with Gasteiger partial charge in [0, 0.05) is 23.7 Å². The van der Waals surface area contributed by atoms with Gasteiger partial charge in [0.1, 0.15) is 17.4 Å². The van der Waals surface area contributed by atoms with Gasteiger partial charge in [-0.05, 0) is 29.8 Å². The number of halogens is 4. The molecule has 11 heteroatoms. The Labute approximate surface area is 178 Å². The summed E-state index contributed by atoms with van der Waals surface area (Å²) in [4.78, 5) is 38.3. The molecular formula is C21H13F4N3O4. The normalized spacial score (nSPS) is 19.4. The van der Waals surface area contributed by atoms with Gasteiger partial charge in [0.2, 0.25) is 5.54 Å². The SMILES string of the molecule is O=C1NC(=O)[C@@](C#Cc2cc(F)cc(F)c2)(CN2Cc3ccc(OC(F)F)cc3C2=O)N1. The van der Waals surface area contributed by atoms with Crippen LogP contribution >= 0.6 is 0 Å². The molecule has 7 nitrogen and oxygen atoms in total. The Morgan fingerprint density at radius 3 is 2.44 bits per heavy atom. The van der Waals surface area contributed by atoms with E-state index in [9.17, 15) is 31.9 Å². The van der Waals surface area contributed by atoms with Gasteiger partial charge in [-0.1, -0.05) is 17.9 Å². The van der Waals surface area contributed by atoms with E-state index in [0.717, 1.165) is 18.2 Å². The van der Waals surface area contributed by atoms with Gasteiger partial charge in [-0.15, -0.1) is 0 Å². The van der Waals surface area contributed by atoms with Crippen LogP contribution in [0.15, 0.2) is 36.4 Å². The number of carbonyl (C=O) groups is 3. The van der Waals surface area contributed by atoms with Gasteiger partial charge >= 0.3 is 12.6 Å². The van der Waals surface area contributed by atoms with E-state index in [1.54, 1.807) is 0 Å². The lowest BCUT2D eigenvalue weighted by atomic mass is 9.99. The van der Waals surface area contributed by atoms with Crippen molar-refractivity contribution in [2.45, 2.75) is 18.7 Å². The number of hydrogen-bond donors (Lipinski definition) is 2. The summed E-state index contributed by atoms with van der Waals surface area (Å²) in [7, 11) is 0. The van der Waals surface area contributed by atoms with Gasteiger partial charge in [0.05, 0.1) is 6.54 Å². The molecule has 0 radical (unpaired) electrons. The third-order valence-corrected chi connectivity index (χ3v) is 4.84. The monoisotopic (exact) mass is 447 g/mol. The van der Waals surface area contributed by atoms with Gasteiger partial charge in [-0.25, -0.2) is 13.6 Å². The summed E-state index contributed by atoms with van der Waals surface area (Å²) in [5, 5.41) is 4.38. The van der Waals surface area contributed by atoms with Gasteiger partial charge in [0.25, 0.3) is 11.8 Å². The number of alkyl halides is 2. The van der Waals surface area contributed by atoms with E-state index < -0.39 is 48.2 Å². The molecule has 0 bridgehead atoms. The Kier molecular flexibility index (Phi) is 5.22. The maximum absolute atomic E-state index is 13.4. The molecule has 2 aliphatic rings. The number of benzene rings is 2. The first-order valence-electron chi connectivity index (χ1n) is 9.15. The average Bonchev–Trinajstić information content (AvgIpc) is 3.15. The van der Waals surface area contributed by atoms with Crippen LogP contribution in [0.5, 0.6) is 5.75 Å². The molecule has 2 N–H and O–H groups in total. The minimum Gasteiger partial charge on any atom is -0.435 e. The minimum atomic E-state index is -3.07. The van der Waals surface area contributed by atoms with E-state index in [1.165, 1.54) is 17.0 Å². The number of fused-ring (bicyclic) bond motifs is 1. The lowest BCUT2D eigenvalue weighted by molar-refractivity contribution is -0.122. The van der Waals surface area contributed by atoms with E-state index >= 15 is 0 Å². The van der Waals surface area contributed by atoms with E-state index in [1.807, 2.05) is 5.32 Å². The zero-order chi connectivity index (χ0) is 23.0. The predicted molar refractivity (Wildman–Crippen MR) is 100 cm³/mol. The van der Waals surface area contributed by atoms with E-state index in [-0.39, 0.29) is 23.4 Å². The summed E-state index contributed by atoms with van der Waals surface area (Å²) in [6.07, 6.45) is 0. The predicted octanol–water partition coefficient (Wildman–Crippen LogP) is 2.15. The molecule has 4 rings (SSSR count). The molecule has 0 spiro atoms. The highest BCUT2D eigenvalue weighted by molar-refractivity contribution is 6.10. The quantitative estimate of drug-likeness (QED) is 0.427.